The monoisotopic (exact) mass is 511 g/mol. The molecule has 5 rings (SSSR count). The van der Waals surface area contributed by atoms with Gasteiger partial charge in [0, 0.05) is 5.02 Å². The molecule has 1 aliphatic rings. The average molecular weight is 512 g/mol. The first-order valence-corrected chi connectivity index (χ1v) is 12.4. The molecule has 180 valence electrons. The maximum atomic E-state index is 13.7. The van der Waals surface area contributed by atoms with E-state index < -0.39 is 11.9 Å². The highest BCUT2D eigenvalue weighted by molar-refractivity contribution is 7.15. The predicted octanol–water partition coefficient (Wildman–Crippen LogP) is 5.54. The minimum Gasteiger partial charge on any atom is -0.490 e. The molecule has 0 spiro atoms. The van der Waals surface area contributed by atoms with Crippen molar-refractivity contribution in [3.8, 4) is 11.5 Å². The van der Waals surface area contributed by atoms with Gasteiger partial charge in [-0.25, -0.2) is 0 Å². The molecule has 0 bridgehead atoms. The van der Waals surface area contributed by atoms with E-state index >= 15 is 0 Å². The smallest absolute Gasteiger partial charge is 0.297 e. The Kier molecular flexibility index (Phi) is 6.21. The molecule has 3 heterocycles. The lowest BCUT2D eigenvalue weighted by molar-refractivity contribution is 0.0970. The summed E-state index contributed by atoms with van der Waals surface area (Å²) < 4.78 is 17.6. The van der Waals surface area contributed by atoms with Crippen LogP contribution in [0.1, 0.15) is 53.0 Å². The largest absolute Gasteiger partial charge is 0.490 e. The molecule has 0 saturated carbocycles. The molecule has 10 heteroatoms. The lowest BCUT2D eigenvalue weighted by Gasteiger charge is -2.23. The summed E-state index contributed by atoms with van der Waals surface area (Å²) in [5.41, 5.74) is 0.849. The number of aromatic nitrogens is 2. The van der Waals surface area contributed by atoms with E-state index in [2.05, 4.69) is 10.2 Å². The van der Waals surface area contributed by atoms with Gasteiger partial charge in [0.25, 0.3) is 5.91 Å². The lowest BCUT2D eigenvalue weighted by Crippen LogP contribution is -2.29. The topological polar surface area (TPSA) is 94.8 Å². The highest BCUT2D eigenvalue weighted by Gasteiger charge is 2.45. The van der Waals surface area contributed by atoms with E-state index in [4.69, 9.17) is 25.5 Å². The number of anilines is 1. The first-order valence-electron chi connectivity index (χ1n) is 11.2. The Hall–Kier alpha value is -3.43. The molecule has 4 aromatic rings. The van der Waals surface area contributed by atoms with Gasteiger partial charge in [-0.05, 0) is 56.2 Å². The molecule has 0 saturated heterocycles. The van der Waals surface area contributed by atoms with Crippen molar-refractivity contribution in [2.24, 2.45) is 0 Å². The molecule has 1 atom stereocenters. The molecule has 2 aromatic heterocycles. The van der Waals surface area contributed by atoms with Gasteiger partial charge in [-0.15, -0.1) is 10.2 Å². The van der Waals surface area contributed by atoms with E-state index in [1.807, 2.05) is 19.9 Å². The van der Waals surface area contributed by atoms with E-state index in [1.165, 1.54) is 16.2 Å². The molecule has 35 heavy (non-hydrogen) atoms. The van der Waals surface area contributed by atoms with Crippen LogP contribution >= 0.6 is 22.9 Å². The fourth-order valence-corrected chi connectivity index (χ4v) is 5.02. The first kappa shape index (κ1) is 23.3. The summed E-state index contributed by atoms with van der Waals surface area (Å²) in [7, 11) is 0. The van der Waals surface area contributed by atoms with Gasteiger partial charge < -0.3 is 13.9 Å². The van der Waals surface area contributed by atoms with Gasteiger partial charge in [0.2, 0.25) is 10.9 Å². The van der Waals surface area contributed by atoms with Gasteiger partial charge in [-0.3, -0.25) is 14.5 Å². The summed E-state index contributed by atoms with van der Waals surface area (Å²) in [4.78, 5) is 28.8. The van der Waals surface area contributed by atoms with Gasteiger partial charge >= 0.3 is 0 Å². The Labute approximate surface area is 210 Å². The quantitative estimate of drug-likeness (QED) is 0.321. The van der Waals surface area contributed by atoms with Crippen LogP contribution < -0.4 is 19.8 Å². The third-order valence-electron chi connectivity index (χ3n) is 5.60. The lowest BCUT2D eigenvalue weighted by atomic mass is 9.98. The summed E-state index contributed by atoms with van der Waals surface area (Å²) in [6.07, 6.45) is 0.846. The molecular formula is C25H22ClN3O5S. The van der Waals surface area contributed by atoms with Crippen LogP contribution in [0.15, 0.2) is 45.6 Å². The van der Waals surface area contributed by atoms with Crippen LogP contribution in [0.25, 0.3) is 11.0 Å². The number of halogens is 1. The number of carbonyl (C=O) groups excluding carboxylic acids is 1. The number of nitrogens with zero attached hydrogens (tertiary/aromatic N) is 3. The van der Waals surface area contributed by atoms with E-state index in [0.717, 1.165) is 6.42 Å². The van der Waals surface area contributed by atoms with Gasteiger partial charge in [-0.1, -0.05) is 35.9 Å². The van der Waals surface area contributed by atoms with Crippen molar-refractivity contribution in [1.82, 2.24) is 10.2 Å². The minimum absolute atomic E-state index is 0.0213. The number of rotatable bonds is 7. The second-order valence-corrected chi connectivity index (χ2v) is 9.58. The summed E-state index contributed by atoms with van der Waals surface area (Å²) in [5, 5.41) is 10.0. The zero-order valence-electron chi connectivity index (χ0n) is 19.3. The summed E-state index contributed by atoms with van der Waals surface area (Å²) in [5.74, 6) is 0.643. The van der Waals surface area contributed by atoms with Crippen molar-refractivity contribution in [2.45, 2.75) is 33.2 Å². The summed E-state index contributed by atoms with van der Waals surface area (Å²) in [6, 6.07) is 9.38. The SMILES string of the molecule is CCCOc1ccc(C2c3c(oc4ccc(Cl)cc4c3=O)C(=O)N2c2nnc(C)s2)cc1OCC. The third-order valence-corrected chi connectivity index (χ3v) is 6.67. The molecule has 1 amide bonds. The zero-order valence-corrected chi connectivity index (χ0v) is 20.9. The molecule has 8 nitrogen and oxygen atoms in total. The number of aryl methyl sites for hydroxylation is 1. The second-order valence-electron chi connectivity index (χ2n) is 7.98. The van der Waals surface area contributed by atoms with Gasteiger partial charge in [0.05, 0.1) is 30.2 Å². The summed E-state index contributed by atoms with van der Waals surface area (Å²) >= 11 is 7.42. The van der Waals surface area contributed by atoms with Crippen LogP contribution in [0.2, 0.25) is 5.02 Å². The van der Waals surface area contributed by atoms with Crippen LogP contribution in [0.3, 0.4) is 0 Å². The van der Waals surface area contributed by atoms with E-state index in [9.17, 15) is 9.59 Å². The number of fused-ring (bicyclic) bond motifs is 2. The Morgan fingerprint density at radius 1 is 1.09 bits per heavy atom. The van der Waals surface area contributed by atoms with E-state index in [1.54, 1.807) is 37.3 Å². The van der Waals surface area contributed by atoms with Crippen LogP contribution in [0.5, 0.6) is 11.5 Å². The normalized spacial score (nSPS) is 15.0. The standard InChI is InChI=1S/C25H22ClN3O5S/c1-4-10-33-18-8-6-14(11-19(18)32-5-2)21-20-22(30)16-12-15(26)7-9-17(16)34-23(20)24(31)29(21)25-28-27-13(3)35-25/h6-9,11-12,21H,4-5,10H2,1-3H3. The zero-order chi connectivity index (χ0) is 24.7. The van der Waals surface area contributed by atoms with Crippen molar-refractivity contribution in [3.63, 3.8) is 0 Å². The number of hydrogen-bond acceptors (Lipinski definition) is 8. The fourth-order valence-electron chi connectivity index (χ4n) is 4.14. The summed E-state index contributed by atoms with van der Waals surface area (Å²) in [6.45, 7) is 6.67. The average Bonchev–Trinajstić information content (AvgIpc) is 3.39. The highest BCUT2D eigenvalue weighted by Crippen LogP contribution is 2.44. The number of carbonyl (C=O) groups is 1. The first-order chi connectivity index (χ1) is 16.9. The molecule has 0 N–H and O–H groups in total. The van der Waals surface area contributed by atoms with Crippen molar-refractivity contribution >= 4 is 44.9 Å². The Balaban J connectivity index is 1.75. The Morgan fingerprint density at radius 3 is 2.63 bits per heavy atom. The molecule has 0 fully saturated rings. The molecule has 0 aliphatic carbocycles. The van der Waals surface area contributed by atoms with Gasteiger partial charge in [-0.2, -0.15) is 0 Å². The molecular weight excluding hydrogens is 490 g/mol. The highest BCUT2D eigenvalue weighted by atomic mass is 35.5. The number of ether oxygens (including phenoxy) is 2. The predicted molar refractivity (Wildman–Crippen MR) is 134 cm³/mol. The van der Waals surface area contributed by atoms with Crippen molar-refractivity contribution in [1.29, 1.82) is 0 Å². The van der Waals surface area contributed by atoms with E-state index in [0.29, 0.717) is 56.4 Å². The van der Waals surface area contributed by atoms with Crippen molar-refractivity contribution in [3.05, 3.63) is 73.5 Å². The maximum absolute atomic E-state index is 13.7. The van der Waals surface area contributed by atoms with Crippen LogP contribution in [-0.4, -0.2) is 29.3 Å². The van der Waals surface area contributed by atoms with Crippen LogP contribution in [0.4, 0.5) is 5.13 Å². The van der Waals surface area contributed by atoms with E-state index in [-0.39, 0.29) is 16.8 Å². The Bertz CT molecular complexity index is 1500. The van der Waals surface area contributed by atoms with Crippen molar-refractivity contribution in [2.75, 3.05) is 18.1 Å². The number of hydrogen-bond donors (Lipinski definition) is 0. The fraction of sp³-hybridized carbons (Fsp3) is 0.280. The van der Waals surface area contributed by atoms with Crippen LogP contribution in [-0.2, 0) is 0 Å². The number of benzene rings is 2. The molecule has 0 radical (unpaired) electrons. The van der Waals surface area contributed by atoms with Gasteiger partial charge in [0.15, 0.2) is 16.9 Å². The van der Waals surface area contributed by atoms with Gasteiger partial charge in [0.1, 0.15) is 10.6 Å². The second kappa shape index (κ2) is 9.31. The molecule has 1 aliphatic heterocycles. The number of amides is 1. The van der Waals surface area contributed by atoms with Crippen LogP contribution in [0, 0.1) is 6.92 Å². The Morgan fingerprint density at radius 2 is 1.91 bits per heavy atom. The molecule has 1 unspecified atom stereocenters. The molecule has 2 aromatic carbocycles. The minimum atomic E-state index is -0.788. The van der Waals surface area contributed by atoms with Crippen molar-refractivity contribution < 1.29 is 18.7 Å². The third kappa shape index (κ3) is 4.04. The maximum Gasteiger partial charge on any atom is 0.297 e.